The summed E-state index contributed by atoms with van der Waals surface area (Å²) >= 11 is 0. The van der Waals surface area contributed by atoms with Crippen molar-refractivity contribution in [1.29, 1.82) is 0 Å². The number of carboxylic acids is 1. The summed E-state index contributed by atoms with van der Waals surface area (Å²) in [7, 11) is 0. The van der Waals surface area contributed by atoms with Crippen LogP contribution in [0, 0.1) is 5.92 Å². The number of nitrogens with one attached hydrogen (secondary N) is 1. The second-order valence-electron chi connectivity index (χ2n) is 4.13. The zero-order valence-corrected chi connectivity index (χ0v) is 8.89. The van der Waals surface area contributed by atoms with Crippen LogP contribution in [0.15, 0.2) is 24.3 Å². The predicted molar refractivity (Wildman–Crippen MR) is 59.3 cm³/mol. The van der Waals surface area contributed by atoms with E-state index in [9.17, 15) is 9.90 Å². The molecule has 0 aliphatic carbocycles. The Morgan fingerprint density at radius 3 is 2.94 bits per heavy atom. The van der Waals surface area contributed by atoms with Crippen LogP contribution in [-0.4, -0.2) is 29.3 Å². The molecule has 3 N–H and O–H groups in total. The first-order valence-electron chi connectivity index (χ1n) is 5.40. The van der Waals surface area contributed by atoms with E-state index < -0.39 is 12.1 Å². The summed E-state index contributed by atoms with van der Waals surface area (Å²) in [5.41, 5.74) is 0.913. The molecule has 2 unspecified atom stereocenters. The Bertz CT molecular complexity index is 386. The van der Waals surface area contributed by atoms with Crippen LogP contribution in [0.25, 0.3) is 0 Å². The fourth-order valence-electron chi connectivity index (χ4n) is 2.07. The van der Waals surface area contributed by atoms with Crippen molar-refractivity contribution in [1.82, 2.24) is 5.32 Å². The maximum absolute atomic E-state index is 10.8. The number of aliphatic hydroxyl groups is 1. The molecule has 0 radical (unpaired) electrons. The van der Waals surface area contributed by atoms with Crippen LogP contribution >= 0.6 is 0 Å². The van der Waals surface area contributed by atoms with E-state index in [2.05, 4.69) is 5.32 Å². The topological polar surface area (TPSA) is 69.6 Å². The van der Waals surface area contributed by atoms with E-state index in [1.807, 2.05) is 0 Å². The van der Waals surface area contributed by atoms with Gasteiger partial charge in [0.15, 0.2) is 0 Å². The van der Waals surface area contributed by atoms with Gasteiger partial charge in [0, 0.05) is 12.5 Å². The zero-order chi connectivity index (χ0) is 11.5. The van der Waals surface area contributed by atoms with Gasteiger partial charge in [-0.15, -0.1) is 0 Å². The van der Waals surface area contributed by atoms with Gasteiger partial charge in [0.25, 0.3) is 0 Å². The molecule has 16 heavy (non-hydrogen) atoms. The van der Waals surface area contributed by atoms with Crippen LogP contribution in [0.5, 0.6) is 0 Å². The van der Waals surface area contributed by atoms with E-state index in [-0.39, 0.29) is 11.5 Å². The van der Waals surface area contributed by atoms with E-state index in [1.54, 1.807) is 18.2 Å². The third kappa shape index (κ3) is 2.23. The number of aromatic carboxylic acids is 1. The largest absolute Gasteiger partial charge is 0.478 e. The number of hydrogen-bond donors (Lipinski definition) is 3. The molecule has 1 saturated heterocycles. The first kappa shape index (κ1) is 11.1. The van der Waals surface area contributed by atoms with Gasteiger partial charge in [0.05, 0.1) is 11.7 Å². The molecule has 4 nitrogen and oxygen atoms in total. The van der Waals surface area contributed by atoms with Crippen molar-refractivity contribution in [3.8, 4) is 0 Å². The fraction of sp³-hybridized carbons (Fsp3) is 0.417. The highest BCUT2D eigenvalue weighted by Gasteiger charge is 2.24. The van der Waals surface area contributed by atoms with Crippen molar-refractivity contribution in [2.75, 3.05) is 13.1 Å². The summed E-state index contributed by atoms with van der Waals surface area (Å²) < 4.78 is 0. The molecular formula is C12H15NO3. The average Bonchev–Trinajstić information content (AvgIpc) is 2.81. The molecule has 0 saturated carbocycles. The van der Waals surface area contributed by atoms with E-state index in [0.29, 0.717) is 5.56 Å². The van der Waals surface area contributed by atoms with Crippen molar-refractivity contribution in [3.63, 3.8) is 0 Å². The molecule has 2 rings (SSSR count). The lowest BCUT2D eigenvalue weighted by atomic mass is 9.94. The summed E-state index contributed by atoms with van der Waals surface area (Å²) in [6.07, 6.45) is 0.354. The summed E-state index contributed by atoms with van der Waals surface area (Å²) in [5, 5.41) is 22.1. The fourth-order valence-corrected chi connectivity index (χ4v) is 2.07. The van der Waals surface area contributed by atoms with Gasteiger partial charge in [0.1, 0.15) is 0 Å². The number of hydrogen-bond acceptors (Lipinski definition) is 3. The molecule has 1 aliphatic rings. The van der Waals surface area contributed by atoms with Crippen LogP contribution < -0.4 is 5.32 Å². The minimum absolute atomic E-state index is 0.184. The van der Waals surface area contributed by atoms with Crippen molar-refractivity contribution >= 4 is 5.97 Å². The highest BCUT2D eigenvalue weighted by atomic mass is 16.4. The maximum Gasteiger partial charge on any atom is 0.335 e. The summed E-state index contributed by atoms with van der Waals surface area (Å²) in [6.45, 7) is 1.71. The van der Waals surface area contributed by atoms with Crippen LogP contribution in [0.1, 0.15) is 28.4 Å². The quantitative estimate of drug-likeness (QED) is 0.713. The Labute approximate surface area is 93.9 Å². The SMILES string of the molecule is O=C(O)c1cccc(C(O)C2CCNC2)c1. The van der Waals surface area contributed by atoms with Gasteiger partial charge in [-0.3, -0.25) is 0 Å². The van der Waals surface area contributed by atoms with Crippen LogP contribution in [-0.2, 0) is 0 Å². The second-order valence-corrected chi connectivity index (χ2v) is 4.13. The molecular weight excluding hydrogens is 206 g/mol. The van der Waals surface area contributed by atoms with Gasteiger partial charge >= 0.3 is 5.97 Å². The molecule has 0 aromatic heterocycles. The molecule has 1 heterocycles. The molecule has 86 valence electrons. The Hall–Kier alpha value is -1.39. The number of benzene rings is 1. The average molecular weight is 221 g/mol. The van der Waals surface area contributed by atoms with Crippen molar-refractivity contribution in [3.05, 3.63) is 35.4 Å². The highest BCUT2D eigenvalue weighted by Crippen LogP contribution is 2.26. The Morgan fingerprint density at radius 1 is 1.50 bits per heavy atom. The van der Waals surface area contributed by atoms with Crippen molar-refractivity contribution in [2.45, 2.75) is 12.5 Å². The molecule has 1 aromatic carbocycles. The maximum atomic E-state index is 10.8. The number of aliphatic hydroxyl groups excluding tert-OH is 1. The molecule has 0 bridgehead atoms. The van der Waals surface area contributed by atoms with Crippen LogP contribution in [0.4, 0.5) is 0 Å². The smallest absolute Gasteiger partial charge is 0.335 e. The van der Waals surface area contributed by atoms with Crippen molar-refractivity contribution in [2.24, 2.45) is 5.92 Å². The summed E-state index contributed by atoms with van der Waals surface area (Å²) in [6, 6.07) is 6.52. The molecule has 1 aromatic rings. The van der Waals surface area contributed by atoms with Gasteiger partial charge in [-0.2, -0.15) is 0 Å². The minimum Gasteiger partial charge on any atom is -0.478 e. The first-order valence-corrected chi connectivity index (χ1v) is 5.40. The summed E-state index contributed by atoms with van der Waals surface area (Å²) in [4.78, 5) is 10.8. The molecule has 1 aliphatic heterocycles. The number of rotatable bonds is 3. The first-order chi connectivity index (χ1) is 7.68. The van der Waals surface area contributed by atoms with E-state index in [4.69, 9.17) is 5.11 Å². The van der Waals surface area contributed by atoms with Gasteiger partial charge in [-0.25, -0.2) is 4.79 Å². The third-order valence-corrected chi connectivity index (χ3v) is 3.02. The second kappa shape index (κ2) is 4.63. The normalized spacial score (nSPS) is 21.9. The van der Waals surface area contributed by atoms with E-state index in [0.717, 1.165) is 19.5 Å². The lowest BCUT2D eigenvalue weighted by Crippen LogP contribution is -2.16. The lowest BCUT2D eigenvalue weighted by molar-refractivity contribution is 0.0696. The molecule has 2 atom stereocenters. The molecule has 0 spiro atoms. The number of carbonyl (C=O) groups is 1. The van der Waals surface area contributed by atoms with Crippen LogP contribution in [0.3, 0.4) is 0 Å². The molecule has 4 heteroatoms. The van der Waals surface area contributed by atoms with Gasteiger partial charge in [0.2, 0.25) is 0 Å². The standard InChI is InChI=1S/C12H15NO3/c14-11(10-4-5-13-7-10)8-2-1-3-9(6-8)12(15)16/h1-3,6,10-11,13-14H,4-5,7H2,(H,15,16). The van der Waals surface area contributed by atoms with Gasteiger partial charge in [-0.05, 0) is 30.7 Å². The molecule has 1 fully saturated rings. The predicted octanol–water partition coefficient (Wildman–Crippen LogP) is 1.03. The van der Waals surface area contributed by atoms with Gasteiger partial charge < -0.3 is 15.5 Å². The number of carboxylic acid groups (broad SMARTS) is 1. The Kier molecular flexibility index (Phi) is 3.22. The van der Waals surface area contributed by atoms with E-state index >= 15 is 0 Å². The Balaban J connectivity index is 2.18. The highest BCUT2D eigenvalue weighted by molar-refractivity contribution is 5.87. The van der Waals surface area contributed by atoms with Gasteiger partial charge in [-0.1, -0.05) is 12.1 Å². The lowest BCUT2D eigenvalue weighted by Gasteiger charge is -2.17. The zero-order valence-electron chi connectivity index (χ0n) is 8.89. The Morgan fingerprint density at radius 2 is 2.31 bits per heavy atom. The van der Waals surface area contributed by atoms with Crippen molar-refractivity contribution < 1.29 is 15.0 Å². The van der Waals surface area contributed by atoms with Crippen LogP contribution in [0.2, 0.25) is 0 Å². The third-order valence-electron chi connectivity index (χ3n) is 3.02. The van der Waals surface area contributed by atoms with E-state index in [1.165, 1.54) is 6.07 Å². The monoisotopic (exact) mass is 221 g/mol. The summed E-state index contributed by atoms with van der Waals surface area (Å²) in [5.74, 6) is -0.775. The minimum atomic E-state index is -0.960. The molecule has 0 amide bonds.